The van der Waals surface area contributed by atoms with Crippen LogP contribution < -0.4 is 0 Å². The fourth-order valence-corrected chi connectivity index (χ4v) is 5.10. The molecule has 0 atom stereocenters. The number of carbonyl (C=O) groups excluding carboxylic acids is 1. The summed E-state index contributed by atoms with van der Waals surface area (Å²) < 4.78 is 0. The number of aromatic nitrogens is 1. The van der Waals surface area contributed by atoms with E-state index in [1.165, 1.54) is 31.2 Å². The maximum Gasteiger partial charge on any atom is 0.222 e. The normalized spacial score (nSPS) is 18.9. The molecule has 1 aliphatic heterocycles. The van der Waals surface area contributed by atoms with E-state index in [2.05, 4.69) is 39.4 Å². The third-order valence-electron chi connectivity index (χ3n) is 5.95. The number of hydrogen-bond acceptors (Lipinski definition) is 4. The number of nitrogens with zero attached hydrogens (tertiary/aromatic N) is 3. The highest BCUT2D eigenvalue weighted by atomic mass is 32.1. The van der Waals surface area contributed by atoms with Crippen molar-refractivity contribution < 1.29 is 4.79 Å². The SMILES string of the molecule is O=C(CCC1CCCC1)N1CCN(Cc2nc(-c3ccccc3)cs2)CC1. The number of hydrogen-bond donors (Lipinski definition) is 0. The van der Waals surface area contributed by atoms with Crippen LogP contribution >= 0.6 is 11.3 Å². The van der Waals surface area contributed by atoms with E-state index in [1.807, 2.05) is 6.07 Å². The molecule has 4 rings (SSSR count). The lowest BCUT2D eigenvalue weighted by Crippen LogP contribution is -2.48. The van der Waals surface area contributed by atoms with Gasteiger partial charge in [-0.25, -0.2) is 4.98 Å². The first kappa shape index (κ1) is 18.6. The van der Waals surface area contributed by atoms with Crippen molar-refractivity contribution in [3.63, 3.8) is 0 Å². The smallest absolute Gasteiger partial charge is 0.222 e. The fraction of sp³-hybridized carbons (Fsp3) is 0.545. The third-order valence-corrected chi connectivity index (χ3v) is 6.78. The van der Waals surface area contributed by atoms with Gasteiger partial charge in [-0.3, -0.25) is 9.69 Å². The standard InChI is InChI=1S/C22H29N3OS/c26-22(11-10-18-6-4-5-7-18)25-14-12-24(13-15-25)16-21-23-20(17-27-21)19-8-2-1-3-9-19/h1-3,8-9,17-18H,4-7,10-16H2. The molecule has 5 heteroatoms. The number of carbonyl (C=O) groups is 1. The fourth-order valence-electron chi connectivity index (χ4n) is 4.26. The minimum absolute atomic E-state index is 0.363. The zero-order chi connectivity index (χ0) is 18.5. The third kappa shape index (κ3) is 4.96. The van der Waals surface area contributed by atoms with Gasteiger partial charge in [0.05, 0.1) is 12.2 Å². The predicted molar refractivity (Wildman–Crippen MR) is 111 cm³/mol. The van der Waals surface area contributed by atoms with Crippen molar-refractivity contribution in [1.29, 1.82) is 0 Å². The Morgan fingerprint density at radius 2 is 1.81 bits per heavy atom. The van der Waals surface area contributed by atoms with Crippen molar-refractivity contribution in [3.8, 4) is 11.3 Å². The van der Waals surface area contributed by atoms with E-state index >= 15 is 0 Å². The van der Waals surface area contributed by atoms with E-state index in [4.69, 9.17) is 4.98 Å². The Morgan fingerprint density at radius 1 is 1.07 bits per heavy atom. The monoisotopic (exact) mass is 383 g/mol. The Kier molecular flexibility index (Phi) is 6.20. The molecule has 0 N–H and O–H groups in total. The molecule has 2 aliphatic rings. The summed E-state index contributed by atoms with van der Waals surface area (Å²) in [6.45, 7) is 4.52. The second-order valence-electron chi connectivity index (χ2n) is 7.84. The lowest BCUT2D eigenvalue weighted by molar-refractivity contribution is -0.133. The van der Waals surface area contributed by atoms with Crippen LogP contribution in [0.5, 0.6) is 0 Å². The molecule has 1 aromatic heterocycles. The van der Waals surface area contributed by atoms with E-state index in [0.717, 1.165) is 62.2 Å². The highest BCUT2D eigenvalue weighted by Gasteiger charge is 2.23. The van der Waals surface area contributed by atoms with E-state index in [0.29, 0.717) is 5.91 Å². The second kappa shape index (κ2) is 8.98. The molecular weight excluding hydrogens is 354 g/mol. The Labute approximate surface area is 166 Å². The van der Waals surface area contributed by atoms with Gasteiger partial charge in [0.25, 0.3) is 0 Å². The Bertz CT molecular complexity index is 731. The number of rotatable bonds is 6. The van der Waals surface area contributed by atoms with Crippen LogP contribution in [0.1, 0.15) is 43.5 Å². The van der Waals surface area contributed by atoms with Gasteiger partial charge < -0.3 is 4.90 Å². The van der Waals surface area contributed by atoms with E-state index in [-0.39, 0.29) is 0 Å². The van der Waals surface area contributed by atoms with Crippen LogP contribution in [-0.4, -0.2) is 46.9 Å². The molecule has 0 unspecified atom stereocenters. The molecule has 4 nitrogen and oxygen atoms in total. The summed E-state index contributed by atoms with van der Waals surface area (Å²) in [6, 6.07) is 10.4. The molecule has 1 saturated heterocycles. The summed E-state index contributed by atoms with van der Waals surface area (Å²) in [5, 5.41) is 3.31. The molecule has 1 amide bonds. The molecule has 144 valence electrons. The van der Waals surface area contributed by atoms with Crippen LogP contribution in [0.2, 0.25) is 0 Å². The minimum atomic E-state index is 0.363. The highest BCUT2D eigenvalue weighted by Crippen LogP contribution is 2.29. The van der Waals surface area contributed by atoms with Crippen LogP contribution in [0.3, 0.4) is 0 Å². The van der Waals surface area contributed by atoms with E-state index < -0.39 is 0 Å². The zero-order valence-corrected chi connectivity index (χ0v) is 16.8. The van der Waals surface area contributed by atoms with Gasteiger partial charge in [0.1, 0.15) is 5.01 Å². The van der Waals surface area contributed by atoms with Crippen molar-refractivity contribution in [2.24, 2.45) is 5.92 Å². The Morgan fingerprint density at radius 3 is 2.56 bits per heavy atom. The topological polar surface area (TPSA) is 36.4 Å². The van der Waals surface area contributed by atoms with Crippen molar-refractivity contribution in [2.75, 3.05) is 26.2 Å². The van der Waals surface area contributed by atoms with E-state index in [1.54, 1.807) is 11.3 Å². The number of piperazine rings is 1. The van der Waals surface area contributed by atoms with Crippen molar-refractivity contribution >= 4 is 17.2 Å². The molecular formula is C22H29N3OS. The maximum absolute atomic E-state index is 12.5. The number of benzene rings is 1. The zero-order valence-electron chi connectivity index (χ0n) is 16.0. The molecule has 0 radical (unpaired) electrons. The second-order valence-corrected chi connectivity index (χ2v) is 8.78. The van der Waals surface area contributed by atoms with Gasteiger partial charge in [-0.1, -0.05) is 56.0 Å². The first-order valence-corrected chi connectivity index (χ1v) is 11.2. The summed E-state index contributed by atoms with van der Waals surface area (Å²) >= 11 is 1.73. The Hall–Kier alpha value is -1.72. The first-order valence-electron chi connectivity index (χ1n) is 10.3. The minimum Gasteiger partial charge on any atom is -0.340 e. The molecule has 2 heterocycles. The van der Waals surface area contributed by atoms with Gasteiger partial charge in [-0.05, 0) is 12.3 Å². The number of amides is 1. The molecule has 1 aliphatic carbocycles. The van der Waals surface area contributed by atoms with Crippen molar-refractivity contribution in [1.82, 2.24) is 14.8 Å². The van der Waals surface area contributed by atoms with Gasteiger partial charge >= 0.3 is 0 Å². The molecule has 2 fully saturated rings. The van der Waals surface area contributed by atoms with Crippen molar-refractivity contribution in [3.05, 3.63) is 40.7 Å². The van der Waals surface area contributed by atoms with Gasteiger partial charge in [0, 0.05) is 43.5 Å². The van der Waals surface area contributed by atoms with Crippen LogP contribution in [0.15, 0.2) is 35.7 Å². The molecule has 0 spiro atoms. The molecule has 1 saturated carbocycles. The predicted octanol–water partition coefficient (Wildman–Crippen LogP) is 4.42. The molecule has 1 aromatic carbocycles. The molecule has 0 bridgehead atoms. The summed E-state index contributed by atoms with van der Waals surface area (Å²) in [4.78, 5) is 21.8. The average molecular weight is 384 g/mol. The largest absolute Gasteiger partial charge is 0.340 e. The van der Waals surface area contributed by atoms with Crippen LogP contribution in [0.4, 0.5) is 0 Å². The lowest BCUT2D eigenvalue weighted by Gasteiger charge is -2.34. The number of thiazole rings is 1. The molecule has 2 aromatic rings. The maximum atomic E-state index is 12.5. The van der Waals surface area contributed by atoms with Crippen LogP contribution in [0, 0.1) is 5.92 Å². The van der Waals surface area contributed by atoms with Crippen LogP contribution in [-0.2, 0) is 11.3 Å². The Balaban J connectivity index is 1.22. The van der Waals surface area contributed by atoms with Gasteiger partial charge in [0.2, 0.25) is 5.91 Å². The molecule has 27 heavy (non-hydrogen) atoms. The van der Waals surface area contributed by atoms with Gasteiger partial charge in [-0.15, -0.1) is 11.3 Å². The summed E-state index contributed by atoms with van der Waals surface area (Å²) in [5.41, 5.74) is 2.24. The average Bonchev–Trinajstić information content (AvgIpc) is 3.39. The van der Waals surface area contributed by atoms with Crippen LogP contribution in [0.25, 0.3) is 11.3 Å². The van der Waals surface area contributed by atoms with Crippen molar-refractivity contribution in [2.45, 2.75) is 45.1 Å². The summed E-state index contributed by atoms with van der Waals surface area (Å²) in [7, 11) is 0. The summed E-state index contributed by atoms with van der Waals surface area (Å²) in [5.74, 6) is 1.17. The van der Waals surface area contributed by atoms with E-state index in [9.17, 15) is 4.79 Å². The lowest BCUT2D eigenvalue weighted by atomic mass is 10.0. The summed E-state index contributed by atoms with van der Waals surface area (Å²) in [6.07, 6.45) is 7.23. The van der Waals surface area contributed by atoms with Gasteiger partial charge in [-0.2, -0.15) is 0 Å². The highest BCUT2D eigenvalue weighted by molar-refractivity contribution is 7.09. The van der Waals surface area contributed by atoms with Gasteiger partial charge in [0.15, 0.2) is 0 Å². The first-order chi connectivity index (χ1) is 13.3. The quantitative estimate of drug-likeness (QED) is 0.741.